The molecule has 0 saturated carbocycles. The van der Waals surface area contributed by atoms with Crippen LogP contribution in [0.15, 0.2) is 92.8 Å². The highest BCUT2D eigenvalue weighted by Crippen LogP contribution is 2.66. The molecule has 3 unspecified atom stereocenters. The quantitative estimate of drug-likeness (QED) is 0.00245. The Bertz CT molecular complexity index is 4090. The number of ether oxygens (including phenoxy) is 4. The number of nitrogens with one attached hydrogen (secondary N) is 1. The number of aromatic nitrogens is 4. The maximum atomic E-state index is 13.2. The van der Waals surface area contributed by atoms with Crippen LogP contribution in [0.3, 0.4) is 0 Å². The minimum atomic E-state index is -5.82. The van der Waals surface area contributed by atoms with E-state index in [9.17, 15) is 48.2 Å². The molecule has 2 aliphatic rings. The highest BCUT2D eigenvalue weighted by molar-refractivity contribution is 7.66. The van der Waals surface area contributed by atoms with Crippen molar-refractivity contribution >= 4 is 74.4 Å². The molecule has 7 N–H and O–H groups in total. The number of ketones is 2. The monoisotopic (exact) mass is 1360 g/mol. The molecule has 0 aliphatic carbocycles. The van der Waals surface area contributed by atoms with Crippen molar-refractivity contribution in [2.75, 3.05) is 56.8 Å². The van der Waals surface area contributed by atoms with Crippen LogP contribution in [0.4, 0.5) is 11.5 Å². The number of fused-ring (bicyclic) bond motifs is 3. The first kappa shape index (κ1) is 71.9. The van der Waals surface area contributed by atoms with E-state index in [1.807, 2.05) is 37.4 Å². The zero-order chi connectivity index (χ0) is 67.4. The molecule has 4 aromatic heterocycles. The summed E-state index contributed by atoms with van der Waals surface area (Å²) in [7, 11) is -17.0. The van der Waals surface area contributed by atoms with Gasteiger partial charge in [-0.05, 0) is 86.3 Å². The number of hydrogen-bond donors (Lipinski definition) is 6. The number of carbonyl (C=O) groups is 3. The summed E-state index contributed by atoms with van der Waals surface area (Å²) in [5.74, 6) is 5.51. The summed E-state index contributed by atoms with van der Waals surface area (Å²) >= 11 is 0. The first-order valence-corrected chi connectivity index (χ1v) is 34.8. The Hall–Kier alpha value is -7.90. The van der Waals surface area contributed by atoms with Crippen molar-refractivity contribution in [3.63, 3.8) is 0 Å². The number of phosphoric ester groups is 1. The molecule has 32 nitrogen and oxygen atoms in total. The van der Waals surface area contributed by atoms with E-state index >= 15 is 0 Å². The highest BCUT2D eigenvalue weighted by Gasteiger charge is 2.44. The second-order valence-electron chi connectivity index (χ2n) is 22.1. The number of nitrogen functional groups attached to an aromatic ring is 1. The predicted molar refractivity (Wildman–Crippen MR) is 339 cm³/mol. The standard InChI is InChI=1S/C59H72N13O19P3/c1-3-70-25-14-17-41-28-44-30-47(59(76)89-50(44)31-48(41)70)40-22-26-71(39(2)27-40)24-11-7-9-19-45(73)18-8-5-4-6-10-21-49(74)42-15-12-20-46(29-42)84-36-54(67-69-62)85-35-53(75)63-23-13-16-43-33-72(58-56(43)57(60)64-37-65-58)55-32-51(86-38-66-68-61)52(88-55)34-87-93(80,81)91-94(82,83)90-92(77,78)79/h12,15,20,22,26-31,33,37,51-52,54-55H,3-11,14,17-19,21,23-25,32,34-36,38H2,1-2H3,(H6-,60,63,64,65,75,77,78,79,80,81,82,83)/p+1/t51-,52-,54?,55-/m1/s1. The second-order valence-corrected chi connectivity index (χ2v) is 26.5. The number of benzene rings is 2. The summed E-state index contributed by atoms with van der Waals surface area (Å²) in [6.45, 7) is 4.39. The first-order valence-electron chi connectivity index (χ1n) is 30.2. The van der Waals surface area contributed by atoms with Gasteiger partial charge in [-0.2, -0.15) is 8.62 Å². The van der Waals surface area contributed by atoms with E-state index < -0.39 is 74.0 Å². The number of nitrogens with zero attached hydrogens (tertiary/aromatic N) is 11. The molecule has 6 heterocycles. The van der Waals surface area contributed by atoms with Gasteiger partial charge < -0.3 is 63.5 Å². The summed E-state index contributed by atoms with van der Waals surface area (Å²) in [6, 6.07) is 16.6. The van der Waals surface area contributed by atoms with Crippen molar-refractivity contribution in [1.82, 2.24) is 19.9 Å². The summed E-state index contributed by atoms with van der Waals surface area (Å²) in [6.07, 6.45) is 10.3. The smallest absolute Gasteiger partial charge is 0.490 e. The van der Waals surface area contributed by atoms with Gasteiger partial charge in [-0.25, -0.2) is 33.0 Å². The number of aryl methyl sites for hydroxylation is 3. The van der Waals surface area contributed by atoms with E-state index in [0.29, 0.717) is 48.1 Å². The third kappa shape index (κ3) is 21.1. The molecule has 6 aromatic rings. The van der Waals surface area contributed by atoms with Crippen LogP contribution in [-0.2, 0) is 63.6 Å². The number of carbonyl (C=O) groups excluding carboxylic acids is 3. The summed E-state index contributed by atoms with van der Waals surface area (Å²) in [5, 5.41) is 10.6. The van der Waals surface area contributed by atoms with Gasteiger partial charge in [0.05, 0.1) is 35.8 Å². The Balaban J connectivity index is 0.703. The average Bonchev–Trinajstić information content (AvgIpc) is 1.56. The van der Waals surface area contributed by atoms with Gasteiger partial charge in [0.25, 0.3) is 0 Å². The Morgan fingerprint density at radius 2 is 1.71 bits per heavy atom. The van der Waals surface area contributed by atoms with Crippen LogP contribution in [0, 0.1) is 18.8 Å². The van der Waals surface area contributed by atoms with Crippen LogP contribution >= 0.6 is 23.5 Å². The second kappa shape index (κ2) is 34.0. The zero-order valence-electron chi connectivity index (χ0n) is 51.5. The Morgan fingerprint density at radius 3 is 2.46 bits per heavy atom. The van der Waals surface area contributed by atoms with Crippen LogP contribution in [0.2, 0.25) is 0 Å². The molecule has 502 valence electrons. The van der Waals surface area contributed by atoms with Crippen molar-refractivity contribution in [2.45, 2.75) is 135 Å². The molecule has 1 fully saturated rings. The van der Waals surface area contributed by atoms with E-state index in [1.54, 1.807) is 24.3 Å². The molecule has 1 amide bonds. The fourth-order valence-electron chi connectivity index (χ4n) is 10.9. The SMILES string of the molecule is CCN1CCCc2cc3cc(-c4cc[n+](CCCCCC(=O)CCCCCCCC(=O)c5cccc(OCC(N=[N+]=[N-])OCC(=O)NCC#Cc6cn([C@H]7C[C@@H](OCN=[N+]=[N-])[C@@H](COP(=O)(O)OP(=O)(O)OP(=O)(O)O)O7)c7ncnc(N)c67)c5)c(C)c4)c(=O)oc3cc21. The lowest BCUT2D eigenvalue weighted by Crippen LogP contribution is -2.36. The van der Waals surface area contributed by atoms with Crippen molar-refractivity contribution in [1.29, 1.82) is 0 Å². The minimum absolute atomic E-state index is 0.00161. The van der Waals surface area contributed by atoms with Crippen molar-refractivity contribution in [2.24, 2.45) is 10.2 Å². The number of Topliss-reactive ketones (excluding diaryl/α,β-unsaturated/α-hetero) is 2. The molecule has 35 heteroatoms. The largest absolute Gasteiger partial charge is 0.491 e. The fraction of sp³-hybridized carbons (Fsp3) is 0.475. The van der Waals surface area contributed by atoms with Crippen LogP contribution in [-0.4, -0.2) is 116 Å². The summed E-state index contributed by atoms with van der Waals surface area (Å²) in [4.78, 5) is 105. The van der Waals surface area contributed by atoms with Gasteiger partial charge in [-0.15, -0.1) is 0 Å². The van der Waals surface area contributed by atoms with Crippen molar-refractivity contribution in [3.8, 4) is 28.7 Å². The van der Waals surface area contributed by atoms with E-state index in [2.05, 4.69) is 78.3 Å². The van der Waals surface area contributed by atoms with Gasteiger partial charge in [0.15, 0.2) is 23.9 Å². The molecule has 6 atom stereocenters. The van der Waals surface area contributed by atoms with E-state index in [0.717, 1.165) is 106 Å². The molecule has 0 spiro atoms. The van der Waals surface area contributed by atoms with Gasteiger partial charge >= 0.3 is 29.1 Å². The number of anilines is 2. The maximum absolute atomic E-state index is 13.2. The summed E-state index contributed by atoms with van der Waals surface area (Å²) < 4.78 is 80.0. The number of phosphoric acid groups is 3. The molecule has 2 aromatic carbocycles. The van der Waals surface area contributed by atoms with Gasteiger partial charge in [0.2, 0.25) is 5.91 Å². The number of azide groups is 2. The molecule has 1 saturated heterocycles. The van der Waals surface area contributed by atoms with Gasteiger partial charge in [-0.3, -0.25) is 18.9 Å². The van der Waals surface area contributed by atoms with Crippen LogP contribution in [0.1, 0.15) is 124 Å². The minimum Gasteiger partial charge on any atom is -0.491 e. The number of pyridine rings is 1. The predicted octanol–water partition coefficient (Wildman–Crippen LogP) is 9.38. The third-order valence-corrected chi connectivity index (χ3v) is 19.2. The number of amides is 1. The number of rotatable bonds is 36. The fourth-order valence-corrected chi connectivity index (χ4v) is 13.9. The van der Waals surface area contributed by atoms with Crippen molar-refractivity contribution < 1.29 is 88.7 Å². The Morgan fingerprint density at radius 1 is 0.947 bits per heavy atom. The molecule has 8 rings (SSSR count). The van der Waals surface area contributed by atoms with E-state index in [1.165, 1.54) is 16.3 Å². The molecule has 2 aliphatic heterocycles. The topological polar surface area (TPSA) is 452 Å². The number of nitrogens with two attached hydrogens (primary N) is 1. The molecular formula is C59H73N13O19P3+. The van der Waals surface area contributed by atoms with Crippen molar-refractivity contribution in [3.05, 3.63) is 127 Å². The molecule has 0 bridgehead atoms. The molecule has 94 heavy (non-hydrogen) atoms. The Labute approximate surface area is 538 Å². The van der Waals surface area contributed by atoms with Crippen LogP contribution < -0.4 is 30.9 Å². The average molecular weight is 1360 g/mol. The first-order chi connectivity index (χ1) is 45.0. The maximum Gasteiger partial charge on any atom is 0.490 e. The van der Waals surface area contributed by atoms with Gasteiger partial charge in [0.1, 0.15) is 73.7 Å². The van der Waals surface area contributed by atoms with Crippen LogP contribution in [0.25, 0.3) is 54.0 Å². The normalized spacial score (nSPS) is 17.0. The lowest BCUT2D eigenvalue weighted by Gasteiger charge is -2.30. The van der Waals surface area contributed by atoms with Gasteiger partial charge in [0, 0.05) is 109 Å². The van der Waals surface area contributed by atoms with E-state index in [4.69, 9.17) is 48.9 Å². The summed E-state index contributed by atoms with van der Waals surface area (Å²) in [5.41, 5.74) is 30.2. The lowest BCUT2D eigenvalue weighted by molar-refractivity contribution is -0.703. The van der Waals surface area contributed by atoms with E-state index in [-0.39, 0.29) is 59.2 Å². The van der Waals surface area contributed by atoms with Gasteiger partial charge in [-0.1, -0.05) is 53.5 Å². The zero-order valence-corrected chi connectivity index (χ0v) is 54.2. The highest BCUT2D eigenvalue weighted by atomic mass is 31.3. The number of hydrogen-bond acceptors (Lipinski definition) is 21. The molecule has 0 radical (unpaired) electrons. The third-order valence-electron chi connectivity index (χ3n) is 15.4. The Kier molecular flexibility index (Phi) is 26.0. The molecular weight excluding hydrogens is 1290 g/mol. The lowest BCUT2D eigenvalue weighted by atomic mass is 9.98. The van der Waals surface area contributed by atoms with Crippen LogP contribution in [0.5, 0.6) is 5.75 Å². The number of unbranched alkanes of at least 4 members (excludes halogenated alkanes) is 6.